The Morgan fingerprint density at radius 2 is 2.00 bits per heavy atom. The second kappa shape index (κ2) is 11.4. The first-order chi connectivity index (χ1) is 7.83. The van der Waals surface area contributed by atoms with E-state index >= 15 is 0 Å². The van der Waals surface area contributed by atoms with E-state index in [1.54, 1.807) is 0 Å². The van der Waals surface area contributed by atoms with Crippen LogP contribution in [0.4, 0.5) is 0 Å². The number of nitrogens with two attached hydrogens (primary N) is 1. The predicted octanol–water partition coefficient (Wildman–Crippen LogP) is 2.98. The summed E-state index contributed by atoms with van der Waals surface area (Å²) in [5.41, 5.74) is 5.85. The Kier molecular flexibility index (Phi) is 11.7. The van der Waals surface area contributed by atoms with Crippen LogP contribution in [0.15, 0.2) is 4.99 Å². The molecule has 0 saturated heterocycles. The Hall–Kier alpha value is 0.350. The third-order valence-electron chi connectivity index (χ3n) is 3.00. The summed E-state index contributed by atoms with van der Waals surface area (Å²) in [6.45, 7) is 0.867. The highest BCUT2D eigenvalue weighted by molar-refractivity contribution is 14.0. The molecule has 0 amide bonds. The number of nitrogens with one attached hydrogen (secondary N) is 1. The summed E-state index contributed by atoms with van der Waals surface area (Å²) < 4.78 is 0. The van der Waals surface area contributed by atoms with E-state index in [2.05, 4.69) is 16.6 Å². The van der Waals surface area contributed by atoms with Crippen molar-refractivity contribution < 1.29 is 0 Å². The average Bonchev–Trinajstić information content (AvgIpc) is 2.30. The normalized spacial score (nSPS) is 17.6. The lowest BCUT2D eigenvalue weighted by molar-refractivity contribution is 0.412. The molecule has 0 aliphatic heterocycles. The van der Waals surface area contributed by atoms with Crippen molar-refractivity contribution in [3.05, 3.63) is 0 Å². The Morgan fingerprint density at radius 3 is 2.65 bits per heavy atom. The lowest BCUT2D eigenvalue weighted by Gasteiger charge is -2.23. The molecule has 0 atom stereocenters. The Bertz CT molecular complexity index is 206. The highest BCUT2D eigenvalue weighted by atomic mass is 127. The van der Waals surface area contributed by atoms with E-state index in [0.717, 1.165) is 13.0 Å². The van der Waals surface area contributed by atoms with Gasteiger partial charge in [-0.2, -0.15) is 11.8 Å². The molecule has 1 rings (SSSR count). The number of thioether (sulfide) groups is 1. The lowest BCUT2D eigenvalue weighted by atomic mass is 9.96. The van der Waals surface area contributed by atoms with Gasteiger partial charge in [-0.05, 0) is 37.7 Å². The van der Waals surface area contributed by atoms with E-state index in [9.17, 15) is 0 Å². The molecule has 0 unspecified atom stereocenters. The largest absolute Gasteiger partial charge is 0.370 e. The zero-order valence-corrected chi connectivity index (χ0v) is 13.9. The van der Waals surface area contributed by atoms with E-state index in [0.29, 0.717) is 12.0 Å². The van der Waals surface area contributed by atoms with Crippen molar-refractivity contribution in [2.75, 3.05) is 18.6 Å². The van der Waals surface area contributed by atoms with Crippen LogP contribution >= 0.6 is 35.7 Å². The van der Waals surface area contributed by atoms with Gasteiger partial charge in [-0.3, -0.25) is 4.99 Å². The van der Waals surface area contributed by atoms with Crippen LogP contribution in [0.5, 0.6) is 0 Å². The zero-order chi connectivity index (χ0) is 11.6. The van der Waals surface area contributed by atoms with Gasteiger partial charge in [0.1, 0.15) is 0 Å². The van der Waals surface area contributed by atoms with Crippen LogP contribution in [-0.2, 0) is 0 Å². The standard InChI is InChI=1S/C12H25N3S.HI/c1-16-10-6-5-9-14-12(13)15-11-7-3-2-4-8-11;/h11H,2-10H2,1H3,(H3,13,14,15);1H. The Labute approximate surface area is 127 Å². The van der Waals surface area contributed by atoms with Gasteiger partial charge in [-0.1, -0.05) is 19.3 Å². The fourth-order valence-corrected chi connectivity index (χ4v) is 2.55. The molecule has 0 radical (unpaired) electrons. The molecule has 3 N–H and O–H groups in total. The summed E-state index contributed by atoms with van der Waals surface area (Å²) in [4.78, 5) is 4.36. The van der Waals surface area contributed by atoms with E-state index in [1.165, 1.54) is 44.3 Å². The summed E-state index contributed by atoms with van der Waals surface area (Å²) in [7, 11) is 0. The monoisotopic (exact) mass is 371 g/mol. The highest BCUT2D eigenvalue weighted by Gasteiger charge is 2.12. The summed E-state index contributed by atoms with van der Waals surface area (Å²) in [6, 6.07) is 0.573. The van der Waals surface area contributed by atoms with Crippen molar-refractivity contribution in [1.29, 1.82) is 0 Å². The third-order valence-corrected chi connectivity index (χ3v) is 3.69. The first-order valence-corrected chi connectivity index (χ1v) is 7.77. The number of rotatable bonds is 6. The molecule has 17 heavy (non-hydrogen) atoms. The summed E-state index contributed by atoms with van der Waals surface area (Å²) in [6.07, 6.45) is 11.1. The summed E-state index contributed by atoms with van der Waals surface area (Å²) in [5.74, 6) is 1.88. The Morgan fingerprint density at radius 1 is 1.29 bits per heavy atom. The van der Waals surface area contributed by atoms with Crippen molar-refractivity contribution in [2.24, 2.45) is 10.7 Å². The fraction of sp³-hybridized carbons (Fsp3) is 0.917. The minimum atomic E-state index is 0. The van der Waals surface area contributed by atoms with Crippen LogP contribution in [0.1, 0.15) is 44.9 Å². The Balaban J connectivity index is 0.00000256. The number of guanidine groups is 1. The molecule has 1 saturated carbocycles. The first-order valence-electron chi connectivity index (χ1n) is 6.38. The van der Waals surface area contributed by atoms with E-state index in [4.69, 9.17) is 5.73 Å². The van der Waals surface area contributed by atoms with E-state index in [-0.39, 0.29) is 24.0 Å². The molecule has 1 aliphatic rings. The topological polar surface area (TPSA) is 50.4 Å². The molecule has 0 heterocycles. The molecule has 3 nitrogen and oxygen atoms in total. The zero-order valence-electron chi connectivity index (χ0n) is 10.8. The molecular formula is C12H26IN3S. The van der Waals surface area contributed by atoms with Crippen LogP contribution in [0, 0.1) is 0 Å². The number of nitrogens with zero attached hydrogens (tertiary/aromatic N) is 1. The maximum absolute atomic E-state index is 5.85. The van der Waals surface area contributed by atoms with Gasteiger partial charge in [0.15, 0.2) is 5.96 Å². The second-order valence-electron chi connectivity index (χ2n) is 4.45. The maximum atomic E-state index is 5.85. The van der Waals surface area contributed by atoms with Crippen molar-refractivity contribution in [3.8, 4) is 0 Å². The third kappa shape index (κ3) is 8.99. The summed E-state index contributed by atoms with van der Waals surface area (Å²) in [5, 5.41) is 3.33. The number of aliphatic imine (C=N–C) groups is 1. The first kappa shape index (κ1) is 17.4. The predicted molar refractivity (Wildman–Crippen MR) is 89.5 cm³/mol. The van der Waals surface area contributed by atoms with Crippen LogP contribution in [0.2, 0.25) is 0 Å². The van der Waals surface area contributed by atoms with E-state index < -0.39 is 0 Å². The van der Waals surface area contributed by atoms with Gasteiger partial charge >= 0.3 is 0 Å². The van der Waals surface area contributed by atoms with Gasteiger partial charge in [0, 0.05) is 12.6 Å². The molecule has 0 aromatic carbocycles. The molecule has 102 valence electrons. The average molecular weight is 371 g/mol. The SMILES string of the molecule is CSCCCCN=C(N)NC1CCCCC1.I. The van der Waals surface area contributed by atoms with Gasteiger partial charge in [-0.15, -0.1) is 24.0 Å². The van der Waals surface area contributed by atoms with Crippen LogP contribution in [0.3, 0.4) is 0 Å². The molecule has 0 bridgehead atoms. The van der Waals surface area contributed by atoms with Crippen LogP contribution in [0.25, 0.3) is 0 Å². The molecule has 5 heteroatoms. The molecule has 0 spiro atoms. The van der Waals surface area contributed by atoms with Crippen LogP contribution in [-0.4, -0.2) is 30.6 Å². The number of hydrogen-bond donors (Lipinski definition) is 2. The van der Waals surface area contributed by atoms with Gasteiger partial charge in [0.25, 0.3) is 0 Å². The number of unbranched alkanes of at least 4 members (excludes halogenated alkanes) is 1. The van der Waals surface area contributed by atoms with Crippen molar-refractivity contribution >= 4 is 41.7 Å². The van der Waals surface area contributed by atoms with Crippen molar-refractivity contribution in [1.82, 2.24) is 5.32 Å². The lowest BCUT2D eigenvalue weighted by Crippen LogP contribution is -2.41. The quantitative estimate of drug-likeness (QED) is 0.327. The van der Waals surface area contributed by atoms with Crippen LogP contribution < -0.4 is 11.1 Å². The van der Waals surface area contributed by atoms with Crippen molar-refractivity contribution in [2.45, 2.75) is 51.0 Å². The van der Waals surface area contributed by atoms with Gasteiger partial charge in [0.05, 0.1) is 0 Å². The van der Waals surface area contributed by atoms with Gasteiger partial charge in [-0.25, -0.2) is 0 Å². The fourth-order valence-electron chi connectivity index (χ4n) is 2.06. The smallest absolute Gasteiger partial charge is 0.188 e. The molecule has 1 fully saturated rings. The molecule has 0 aromatic rings. The number of hydrogen-bond acceptors (Lipinski definition) is 2. The summed E-state index contributed by atoms with van der Waals surface area (Å²) >= 11 is 1.89. The van der Waals surface area contributed by atoms with E-state index in [1.807, 2.05) is 11.8 Å². The van der Waals surface area contributed by atoms with Gasteiger partial charge < -0.3 is 11.1 Å². The number of halogens is 1. The maximum Gasteiger partial charge on any atom is 0.188 e. The second-order valence-corrected chi connectivity index (χ2v) is 5.43. The molecular weight excluding hydrogens is 345 g/mol. The molecule has 0 aromatic heterocycles. The van der Waals surface area contributed by atoms with Gasteiger partial charge in [0.2, 0.25) is 0 Å². The minimum Gasteiger partial charge on any atom is -0.370 e. The highest BCUT2D eigenvalue weighted by Crippen LogP contribution is 2.16. The van der Waals surface area contributed by atoms with Crippen molar-refractivity contribution in [3.63, 3.8) is 0 Å². The minimum absolute atomic E-state index is 0. The molecule has 1 aliphatic carbocycles.